The molecule has 2 rings (SSSR count). The number of carbonyl (C=O) groups is 1. The maximum Gasteiger partial charge on any atom is 0.413 e. The van der Waals surface area contributed by atoms with Crippen molar-refractivity contribution in [3.05, 3.63) is 24.7 Å². The molecule has 6 nitrogen and oxygen atoms in total. The van der Waals surface area contributed by atoms with Crippen molar-refractivity contribution in [2.75, 3.05) is 5.32 Å². The third kappa shape index (κ3) is 2.72. The van der Waals surface area contributed by atoms with Gasteiger partial charge in [0.25, 0.3) is 0 Å². The Balaban J connectivity index is 2.18. The van der Waals surface area contributed by atoms with E-state index < -0.39 is 11.7 Å². The lowest BCUT2D eigenvalue weighted by atomic mass is 10.2. The summed E-state index contributed by atoms with van der Waals surface area (Å²) >= 11 is 0. The van der Waals surface area contributed by atoms with Crippen LogP contribution in [0.5, 0.6) is 0 Å². The number of hydrogen-bond acceptors (Lipinski definition) is 4. The van der Waals surface area contributed by atoms with Gasteiger partial charge in [-0.15, -0.1) is 0 Å². The van der Waals surface area contributed by atoms with E-state index in [-0.39, 0.29) is 0 Å². The van der Waals surface area contributed by atoms with Gasteiger partial charge in [0.1, 0.15) is 17.4 Å². The number of nitrogens with one attached hydrogen (secondary N) is 1. The highest BCUT2D eigenvalue weighted by atomic mass is 16.6. The zero-order chi connectivity index (χ0) is 12.5. The zero-order valence-electron chi connectivity index (χ0n) is 9.97. The molecule has 0 aromatic carbocycles. The second-order valence-corrected chi connectivity index (χ2v) is 4.57. The van der Waals surface area contributed by atoms with Crippen LogP contribution in [0.15, 0.2) is 24.7 Å². The van der Waals surface area contributed by atoms with E-state index in [9.17, 15) is 4.79 Å². The number of nitrogens with zero attached hydrogens (tertiary/aromatic N) is 3. The van der Waals surface area contributed by atoms with Gasteiger partial charge in [-0.1, -0.05) is 0 Å². The van der Waals surface area contributed by atoms with Gasteiger partial charge < -0.3 is 4.74 Å². The van der Waals surface area contributed by atoms with E-state index in [1.165, 1.54) is 6.33 Å². The third-order valence-electron chi connectivity index (χ3n) is 1.95. The Hall–Kier alpha value is -2.11. The standard InChI is InChI=1S/C11H14N4O2/c1-11(2,3)17-10(16)14-9-8-5-4-6-15(8)13-7-12-9/h4-7H,1-3H3,(H,12,13,14,16). The van der Waals surface area contributed by atoms with Crippen molar-refractivity contribution in [2.24, 2.45) is 0 Å². The van der Waals surface area contributed by atoms with Gasteiger partial charge in [0.2, 0.25) is 0 Å². The summed E-state index contributed by atoms with van der Waals surface area (Å²) < 4.78 is 6.77. The third-order valence-corrected chi connectivity index (χ3v) is 1.95. The van der Waals surface area contributed by atoms with Crippen molar-refractivity contribution in [1.29, 1.82) is 0 Å². The van der Waals surface area contributed by atoms with E-state index in [4.69, 9.17) is 4.74 Å². The molecule has 0 radical (unpaired) electrons. The molecular weight excluding hydrogens is 220 g/mol. The summed E-state index contributed by atoms with van der Waals surface area (Å²) in [5, 5.41) is 6.59. The van der Waals surface area contributed by atoms with Gasteiger partial charge in [-0.3, -0.25) is 5.32 Å². The molecule has 2 aromatic rings. The summed E-state index contributed by atoms with van der Waals surface area (Å²) in [6.07, 6.45) is 2.62. The average Bonchev–Trinajstić information content (AvgIpc) is 2.63. The molecule has 2 aromatic heterocycles. The van der Waals surface area contributed by atoms with Gasteiger partial charge >= 0.3 is 6.09 Å². The van der Waals surface area contributed by atoms with E-state index in [2.05, 4.69) is 15.4 Å². The van der Waals surface area contributed by atoms with Crippen LogP contribution < -0.4 is 5.32 Å². The summed E-state index contributed by atoms with van der Waals surface area (Å²) in [5.74, 6) is 0.430. The number of hydrogen-bond donors (Lipinski definition) is 1. The Morgan fingerprint density at radius 1 is 1.47 bits per heavy atom. The van der Waals surface area contributed by atoms with E-state index >= 15 is 0 Å². The minimum Gasteiger partial charge on any atom is -0.444 e. The number of amides is 1. The molecule has 1 amide bonds. The minimum absolute atomic E-state index is 0.430. The average molecular weight is 234 g/mol. The quantitative estimate of drug-likeness (QED) is 0.820. The first-order valence-corrected chi connectivity index (χ1v) is 5.24. The van der Waals surface area contributed by atoms with E-state index in [1.54, 1.807) is 31.5 Å². The highest BCUT2D eigenvalue weighted by Gasteiger charge is 2.17. The summed E-state index contributed by atoms with van der Waals surface area (Å²) in [7, 11) is 0. The highest BCUT2D eigenvalue weighted by Crippen LogP contribution is 2.14. The van der Waals surface area contributed by atoms with Crippen LogP contribution in [0.3, 0.4) is 0 Å². The maximum atomic E-state index is 11.6. The molecule has 0 unspecified atom stereocenters. The molecular formula is C11H14N4O2. The van der Waals surface area contributed by atoms with Crippen molar-refractivity contribution >= 4 is 17.4 Å². The smallest absolute Gasteiger partial charge is 0.413 e. The van der Waals surface area contributed by atoms with Crippen molar-refractivity contribution in [3.8, 4) is 0 Å². The van der Waals surface area contributed by atoms with Crippen molar-refractivity contribution in [1.82, 2.24) is 14.6 Å². The first-order chi connectivity index (χ1) is 7.96. The lowest BCUT2D eigenvalue weighted by Gasteiger charge is -2.19. The Bertz CT molecular complexity index is 542. The molecule has 0 bridgehead atoms. The minimum atomic E-state index is -0.532. The molecule has 0 aliphatic heterocycles. The van der Waals surface area contributed by atoms with Gasteiger partial charge in [0, 0.05) is 6.20 Å². The fourth-order valence-electron chi connectivity index (χ4n) is 1.36. The van der Waals surface area contributed by atoms with Gasteiger partial charge in [0.05, 0.1) is 0 Å². The van der Waals surface area contributed by atoms with Crippen LogP contribution in [0, 0.1) is 0 Å². The number of rotatable bonds is 1. The number of carbonyl (C=O) groups excluding carboxylic acids is 1. The van der Waals surface area contributed by atoms with Crippen LogP contribution in [-0.4, -0.2) is 26.3 Å². The van der Waals surface area contributed by atoms with Crippen LogP contribution in [0.25, 0.3) is 5.52 Å². The lowest BCUT2D eigenvalue weighted by molar-refractivity contribution is 0.0635. The summed E-state index contributed by atoms with van der Waals surface area (Å²) in [6.45, 7) is 5.41. The molecule has 0 aliphatic rings. The molecule has 17 heavy (non-hydrogen) atoms. The van der Waals surface area contributed by atoms with Crippen LogP contribution in [0.1, 0.15) is 20.8 Å². The molecule has 0 atom stereocenters. The number of anilines is 1. The lowest BCUT2D eigenvalue weighted by Crippen LogP contribution is -2.27. The van der Waals surface area contributed by atoms with Crippen LogP contribution in [0.4, 0.5) is 10.6 Å². The van der Waals surface area contributed by atoms with Gasteiger partial charge in [-0.2, -0.15) is 5.10 Å². The molecule has 6 heteroatoms. The van der Waals surface area contributed by atoms with Crippen LogP contribution >= 0.6 is 0 Å². The highest BCUT2D eigenvalue weighted by molar-refractivity contribution is 5.88. The van der Waals surface area contributed by atoms with Gasteiger partial charge in [0.15, 0.2) is 5.82 Å². The number of ether oxygens (including phenoxy) is 1. The topological polar surface area (TPSA) is 68.5 Å². The summed E-state index contributed by atoms with van der Waals surface area (Å²) in [5.41, 5.74) is 0.188. The van der Waals surface area contributed by atoms with Crippen molar-refractivity contribution < 1.29 is 9.53 Å². The Labute approximate surface area is 98.6 Å². The Kier molecular flexibility index (Phi) is 2.71. The fraction of sp³-hybridized carbons (Fsp3) is 0.364. The number of aromatic nitrogens is 3. The van der Waals surface area contributed by atoms with E-state index in [0.717, 1.165) is 5.52 Å². The normalized spacial score (nSPS) is 11.5. The molecule has 0 fully saturated rings. The summed E-state index contributed by atoms with van der Waals surface area (Å²) in [6, 6.07) is 3.64. The fourth-order valence-corrected chi connectivity index (χ4v) is 1.36. The van der Waals surface area contributed by atoms with Crippen LogP contribution in [0.2, 0.25) is 0 Å². The second-order valence-electron chi connectivity index (χ2n) is 4.57. The Morgan fingerprint density at radius 3 is 2.94 bits per heavy atom. The molecule has 1 N–H and O–H groups in total. The van der Waals surface area contributed by atoms with Crippen molar-refractivity contribution in [2.45, 2.75) is 26.4 Å². The molecule has 0 spiro atoms. The van der Waals surface area contributed by atoms with E-state index in [1.807, 2.05) is 12.1 Å². The first-order valence-electron chi connectivity index (χ1n) is 5.24. The van der Waals surface area contributed by atoms with Crippen LogP contribution in [-0.2, 0) is 4.74 Å². The number of fused-ring (bicyclic) bond motifs is 1. The maximum absolute atomic E-state index is 11.6. The molecule has 90 valence electrons. The zero-order valence-corrected chi connectivity index (χ0v) is 9.97. The van der Waals surface area contributed by atoms with E-state index in [0.29, 0.717) is 5.82 Å². The second kappa shape index (κ2) is 4.04. The molecule has 0 saturated carbocycles. The summed E-state index contributed by atoms with van der Waals surface area (Å²) in [4.78, 5) is 15.6. The largest absolute Gasteiger partial charge is 0.444 e. The molecule has 2 heterocycles. The van der Waals surface area contributed by atoms with Gasteiger partial charge in [-0.25, -0.2) is 14.3 Å². The molecule has 0 aliphatic carbocycles. The predicted octanol–water partition coefficient (Wildman–Crippen LogP) is 2.08. The predicted molar refractivity (Wildman–Crippen MR) is 62.8 cm³/mol. The molecule has 0 saturated heterocycles. The van der Waals surface area contributed by atoms with Crippen molar-refractivity contribution in [3.63, 3.8) is 0 Å². The monoisotopic (exact) mass is 234 g/mol. The SMILES string of the molecule is CC(C)(C)OC(=O)Nc1ncnn2cccc12. The first kappa shape index (κ1) is 11.4. The van der Waals surface area contributed by atoms with Gasteiger partial charge in [-0.05, 0) is 32.9 Å². The Morgan fingerprint density at radius 2 is 2.24 bits per heavy atom.